The molecule has 4 heterocycles. The molecular formula is C23H24N4O2S2. The molecule has 0 atom stereocenters. The van der Waals surface area contributed by atoms with Crippen molar-refractivity contribution in [1.29, 1.82) is 0 Å². The summed E-state index contributed by atoms with van der Waals surface area (Å²) in [5, 5.41) is 11.7. The van der Waals surface area contributed by atoms with Crippen LogP contribution < -0.4 is 0 Å². The van der Waals surface area contributed by atoms with Crippen molar-refractivity contribution in [3.8, 4) is 0 Å². The Morgan fingerprint density at radius 1 is 1.19 bits per heavy atom. The van der Waals surface area contributed by atoms with Gasteiger partial charge in [0, 0.05) is 27.7 Å². The van der Waals surface area contributed by atoms with Crippen molar-refractivity contribution in [1.82, 2.24) is 19.3 Å². The SMILES string of the molecule is Cc1cc(C(=O)CSc2nnc(C3CC3)n2Cc2ccco2)c(C)n1Cc1cccs1. The van der Waals surface area contributed by atoms with Crippen molar-refractivity contribution in [2.75, 3.05) is 5.75 Å². The highest BCUT2D eigenvalue weighted by Crippen LogP contribution is 2.40. The number of hydrogen-bond acceptors (Lipinski definition) is 6. The molecule has 0 aromatic carbocycles. The third kappa shape index (κ3) is 4.27. The highest BCUT2D eigenvalue weighted by Gasteiger charge is 2.31. The lowest BCUT2D eigenvalue weighted by Crippen LogP contribution is -2.09. The fraction of sp³-hybridized carbons (Fsp3) is 0.348. The molecule has 0 radical (unpaired) electrons. The zero-order chi connectivity index (χ0) is 21.4. The zero-order valence-electron chi connectivity index (χ0n) is 17.6. The molecule has 4 aromatic rings. The van der Waals surface area contributed by atoms with E-state index in [1.54, 1.807) is 17.6 Å². The van der Waals surface area contributed by atoms with E-state index in [2.05, 4.69) is 43.8 Å². The number of ketones is 1. The Morgan fingerprint density at radius 3 is 2.77 bits per heavy atom. The fourth-order valence-electron chi connectivity index (χ4n) is 3.85. The molecule has 6 nitrogen and oxygen atoms in total. The number of thioether (sulfide) groups is 1. The maximum atomic E-state index is 13.1. The highest BCUT2D eigenvalue weighted by molar-refractivity contribution is 7.99. The molecule has 0 unspecified atom stereocenters. The molecule has 0 saturated heterocycles. The number of aryl methyl sites for hydroxylation is 1. The van der Waals surface area contributed by atoms with Gasteiger partial charge >= 0.3 is 0 Å². The predicted molar refractivity (Wildman–Crippen MR) is 122 cm³/mol. The number of carbonyl (C=O) groups is 1. The number of nitrogens with zero attached hydrogens (tertiary/aromatic N) is 4. The Balaban J connectivity index is 1.32. The van der Waals surface area contributed by atoms with E-state index in [4.69, 9.17) is 4.42 Å². The standard InChI is InChI=1S/C23H24N4O2S2/c1-15-11-20(16(2)26(15)13-19-6-4-10-30-19)21(28)14-31-23-25-24-22(17-7-8-17)27(23)12-18-5-3-9-29-18/h3-6,9-11,17H,7-8,12-14H2,1-2H3. The summed E-state index contributed by atoms with van der Waals surface area (Å²) >= 11 is 3.20. The first-order chi connectivity index (χ1) is 15.1. The van der Waals surface area contributed by atoms with Crippen molar-refractivity contribution in [2.45, 2.75) is 50.9 Å². The molecule has 1 fully saturated rings. The molecule has 0 bridgehead atoms. The number of thiophene rings is 1. The van der Waals surface area contributed by atoms with Crippen LogP contribution in [0.15, 0.2) is 51.5 Å². The lowest BCUT2D eigenvalue weighted by Gasteiger charge is -2.09. The van der Waals surface area contributed by atoms with Crippen LogP contribution in [0.2, 0.25) is 0 Å². The Bertz CT molecular complexity index is 1180. The van der Waals surface area contributed by atoms with Gasteiger partial charge in [0.25, 0.3) is 0 Å². The summed E-state index contributed by atoms with van der Waals surface area (Å²) in [4.78, 5) is 14.4. The minimum absolute atomic E-state index is 0.121. The second-order valence-electron chi connectivity index (χ2n) is 7.94. The van der Waals surface area contributed by atoms with Crippen LogP contribution in [0.5, 0.6) is 0 Å². The molecule has 160 valence electrons. The summed E-state index contributed by atoms with van der Waals surface area (Å²) in [6.45, 7) is 5.49. The average molecular weight is 453 g/mol. The molecule has 1 aliphatic rings. The molecule has 0 amide bonds. The van der Waals surface area contributed by atoms with Crippen molar-refractivity contribution >= 4 is 28.9 Å². The average Bonchev–Trinajstić information content (AvgIpc) is 3.14. The summed E-state index contributed by atoms with van der Waals surface area (Å²) in [5.74, 6) is 2.80. The number of aromatic nitrogens is 4. The van der Waals surface area contributed by atoms with Gasteiger partial charge in [0.15, 0.2) is 10.9 Å². The summed E-state index contributed by atoms with van der Waals surface area (Å²) in [7, 11) is 0. The molecule has 8 heteroatoms. The minimum atomic E-state index is 0.121. The van der Waals surface area contributed by atoms with Gasteiger partial charge in [0.1, 0.15) is 11.6 Å². The second kappa shape index (κ2) is 8.51. The molecule has 0 aliphatic heterocycles. The molecule has 1 aliphatic carbocycles. The molecule has 31 heavy (non-hydrogen) atoms. The van der Waals surface area contributed by atoms with Crippen LogP contribution in [0, 0.1) is 13.8 Å². The van der Waals surface area contributed by atoms with Gasteiger partial charge in [-0.15, -0.1) is 21.5 Å². The molecule has 5 rings (SSSR count). The quantitative estimate of drug-likeness (QED) is 0.255. The van der Waals surface area contributed by atoms with E-state index in [9.17, 15) is 4.79 Å². The van der Waals surface area contributed by atoms with E-state index in [0.29, 0.717) is 18.2 Å². The predicted octanol–water partition coefficient (Wildman–Crippen LogP) is 5.30. The first-order valence-corrected chi connectivity index (χ1v) is 12.3. The van der Waals surface area contributed by atoms with Gasteiger partial charge in [-0.2, -0.15) is 0 Å². The van der Waals surface area contributed by atoms with E-state index < -0.39 is 0 Å². The van der Waals surface area contributed by atoms with Gasteiger partial charge in [-0.1, -0.05) is 17.8 Å². The van der Waals surface area contributed by atoms with Crippen LogP contribution in [0.3, 0.4) is 0 Å². The Morgan fingerprint density at radius 2 is 2.06 bits per heavy atom. The molecule has 1 saturated carbocycles. The summed E-state index contributed by atoms with van der Waals surface area (Å²) in [6, 6.07) is 10.0. The summed E-state index contributed by atoms with van der Waals surface area (Å²) in [6.07, 6.45) is 3.98. The van der Waals surface area contributed by atoms with E-state index in [1.807, 2.05) is 25.1 Å². The van der Waals surface area contributed by atoms with Gasteiger partial charge in [0.05, 0.1) is 25.1 Å². The third-order valence-electron chi connectivity index (χ3n) is 5.68. The van der Waals surface area contributed by atoms with Crippen molar-refractivity contribution < 1.29 is 9.21 Å². The van der Waals surface area contributed by atoms with Gasteiger partial charge in [-0.25, -0.2) is 0 Å². The second-order valence-corrected chi connectivity index (χ2v) is 9.92. The summed E-state index contributed by atoms with van der Waals surface area (Å²) in [5.41, 5.74) is 2.92. The van der Waals surface area contributed by atoms with Crippen LogP contribution in [-0.2, 0) is 13.1 Å². The molecule has 0 N–H and O–H groups in total. The Hall–Kier alpha value is -2.58. The normalized spacial score (nSPS) is 13.7. The number of carbonyl (C=O) groups excluding carboxylic acids is 1. The van der Waals surface area contributed by atoms with Crippen LogP contribution in [0.25, 0.3) is 0 Å². The molecule has 0 spiro atoms. The first-order valence-electron chi connectivity index (χ1n) is 10.4. The van der Waals surface area contributed by atoms with E-state index in [0.717, 1.165) is 53.1 Å². The number of rotatable bonds is 9. The smallest absolute Gasteiger partial charge is 0.192 e. The van der Waals surface area contributed by atoms with Gasteiger partial charge < -0.3 is 8.98 Å². The van der Waals surface area contributed by atoms with Crippen molar-refractivity contribution in [3.05, 3.63) is 75.4 Å². The topological polar surface area (TPSA) is 65.8 Å². The molecule has 4 aromatic heterocycles. The van der Waals surface area contributed by atoms with Gasteiger partial charge in [-0.3, -0.25) is 9.36 Å². The van der Waals surface area contributed by atoms with Crippen LogP contribution >= 0.6 is 23.1 Å². The maximum absolute atomic E-state index is 13.1. The Labute approximate surface area is 189 Å². The third-order valence-corrected chi connectivity index (χ3v) is 7.51. The Kier molecular flexibility index (Phi) is 5.58. The number of furan rings is 1. The number of hydrogen-bond donors (Lipinski definition) is 0. The summed E-state index contributed by atoms with van der Waals surface area (Å²) < 4.78 is 9.85. The van der Waals surface area contributed by atoms with Gasteiger partial charge in [0.2, 0.25) is 0 Å². The lowest BCUT2D eigenvalue weighted by molar-refractivity contribution is 0.102. The first kappa shape index (κ1) is 20.3. The zero-order valence-corrected chi connectivity index (χ0v) is 19.2. The van der Waals surface area contributed by atoms with Crippen molar-refractivity contribution in [3.63, 3.8) is 0 Å². The highest BCUT2D eigenvalue weighted by atomic mass is 32.2. The largest absolute Gasteiger partial charge is 0.467 e. The van der Waals surface area contributed by atoms with Crippen LogP contribution in [0.1, 0.15) is 57.0 Å². The van der Waals surface area contributed by atoms with E-state index in [1.165, 1.54) is 16.6 Å². The van der Waals surface area contributed by atoms with Crippen LogP contribution in [0.4, 0.5) is 0 Å². The van der Waals surface area contributed by atoms with E-state index >= 15 is 0 Å². The maximum Gasteiger partial charge on any atom is 0.192 e. The van der Waals surface area contributed by atoms with Crippen LogP contribution in [-0.4, -0.2) is 30.9 Å². The fourth-order valence-corrected chi connectivity index (χ4v) is 5.37. The number of Topliss-reactive ketones (excluding diaryl/α,β-unsaturated/α-hetero) is 1. The van der Waals surface area contributed by atoms with E-state index in [-0.39, 0.29) is 5.78 Å². The van der Waals surface area contributed by atoms with Gasteiger partial charge in [-0.05, 0) is 56.3 Å². The van der Waals surface area contributed by atoms with Crippen molar-refractivity contribution in [2.24, 2.45) is 0 Å². The minimum Gasteiger partial charge on any atom is -0.467 e. The molecular weight excluding hydrogens is 428 g/mol. The monoisotopic (exact) mass is 452 g/mol. The lowest BCUT2D eigenvalue weighted by atomic mass is 10.2.